The number of halogens is 1. The largest absolute Gasteiger partial charge is 0.385 e. The molecule has 2 rings (SSSR count). The first-order valence-electron chi connectivity index (χ1n) is 9.04. The molecule has 25 heavy (non-hydrogen) atoms. The molecule has 1 amide bonds. The van der Waals surface area contributed by atoms with Crippen LogP contribution in [0, 0.1) is 5.92 Å². The number of rotatable bonds is 7. The van der Waals surface area contributed by atoms with Gasteiger partial charge in [0.1, 0.15) is 12.6 Å². The van der Waals surface area contributed by atoms with Crippen molar-refractivity contribution in [2.45, 2.75) is 33.0 Å². The van der Waals surface area contributed by atoms with Crippen molar-refractivity contribution in [3.63, 3.8) is 0 Å². The topological polar surface area (TPSA) is 54.2 Å². The van der Waals surface area contributed by atoms with Crippen molar-refractivity contribution in [1.29, 1.82) is 0 Å². The first-order chi connectivity index (χ1) is 11.9. The highest BCUT2D eigenvalue weighted by atomic mass is 35.5. The molecule has 1 heterocycles. The van der Waals surface area contributed by atoms with Gasteiger partial charge in [-0.25, -0.2) is 0 Å². The second-order valence-electron chi connectivity index (χ2n) is 7.12. The van der Waals surface area contributed by atoms with Gasteiger partial charge in [-0.15, -0.1) is 0 Å². The van der Waals surface area contributed by atoms with Crippen LogP contribution in [0.15, 0.2) is 24.3 Å². The molecule has 1 aliphatic rings. The van der Waals surface area contributed by atoms with Crippen LogP contribution in [0.4, 0.5) is 0 Å². The molecule has 0 unspecified atom stereocenters. The maximum absolute atomic E-state index is 12.0. The second kappa shape index (κ2) is 9.53. The average molecular weight is 370 g/mol. The number of ether oxygens (including phenoxy) is 1. The van der Waals surface area contributed by atoms with Crippen molar-refractivity contribution >= 4 is 17.5 Å². The van der Waals surface area contributed by atoms with E-state index in [2.05, 4.69) is 0 Å². The number of carbonyl (C=O) groups excluding carboxylic acids is 1. The smallest absolute Gasteiger partial charge is 0.225 e. The number of aliphatic hydroxyl groups is 1. The van der Waals surface area contributed by atoms with Gasteiger partial charge in [0.25, 0.3) is 0 Å². The fourth-order valence-corrected chi connectivity index (χ4v) is 3.22. The highest BCUT2D eigenvalue weighted by molar-refractivity contribution is 6.30. The summed E-state index contributed by atoms with van der Waals surface area (Å²) in [5.74, 6) is 0.273. The third-order valence-corrected chi connectivity index (χ3v) is 4.93. The summed E-state index contributed by atoms with van der Waals surface area (Å²) in [4.78, 5) is 15.3. The minimum atomic E-state index is -0.503. The van der Waals surface area contributed by atoms with E-state index in [1.807, 2.05) is 49.9 Å². The number of carbonyl (C=O) groups is 1. The van der Waals surface area contributed by atoms with E-state index in [4.69, 9.17) is 16.3 Å². The first kappa shape index (κ1) is 20.2. The van der Waals surface area contributed by atoms with Gasteiger partial charge in [-0.1, -0.05) is 37.6 Å². The van der Waals surface area contributed by atoms with Gasteiger partial charge in [0.15, 0.2) is 0 Å². The van der Waals surface area contributed by atoms with Gasteiger partial charge in [-0.05, 0) is 24.6 Å². The third-order valence-electron chi connectivity index (χ3n) is 4.68. The summed E-state index contributed by atoms with van der Waals surface area (Å²) in [5.41, 5.74) is 1.05. The molecule has 6 heteroatoms. The molecule has 0 bridgehead atoms. The Morgan fingerprint density at radius 1 is 1.24 bits per heavy atom. The standard InChI is InChI=1S/C19H29ClN2O3/c1-14(2)19(24)22-10-8-21(9-11-22)12-18(23)13-25-15(3)16-4-6-17(20)7-5-16/h4-7,14-15,18,23H,8-13H2,1-3H3/p+1/t15-,18-/m1/s1. The summed E-state index contributed by atoms with van der Waals surface area (Å²) >= 11 is 5.89. The summed E-state index contributed by atoms with van der Waals surface area (Å²) in [5, 5.41) is 11.0. The van der Waals surface area contributed by atoms with E-state index < -0.39 is 6.10 Å². The zero-order valence-electron chi connectivity index (χ0n) is 15.4. The molecule has 0 aromatic heterocycles. The molecule has 1 aromatic rings. The summed E-state index contributed by atoms with van der Waals surface area (Å²) in [6.07, 6.45) is -0.584. The van der Waals surface area contributed by atoms with Crippen molar-refractivity contribution in [3.8, 4) is 0 Å². The maximum Gasteiger partial charge on any atom is 0.225 e. The summed E-state index contributed by atoms with van der Waals surface area (Å²) in [6.45, 7) is 10.1. The van der Waals surface area contributed by atoms with Crippen molar-refractivity contribution < 1.29 is 19.5 Å². The normalized spacial score (nSPS) is 18.4. The molecule has 1 fully saturated rings. The Balaban J connectivity index is 1.69. The summed E-state index contributed by atoms with van der Waals surface area (Å²) in [6, 6.07) is 7.57. The number of nitrogens with one attached hydrogen (secondary N) is 1. The van der Waals surface area contributed by atoms with Crippen LogP contribution in [-0.2, 0) is 9.53 Å². The quantitative estimate of drug-likeness (QED) is 0.758. The van der Waals surface area contributed by atoms with E-state index in [9.17, 15) is 9.90 Å². The van der Waals surface area contributed by atoms with E-state index in [0.717, 1.165) is 31.7 Å². The van der Waals surface area contributed by atoms with Crippen LogP contribution in [-0.4, -0.2) is 61.3 Å². The van der Waals surface area contributed by atoms with Crippen molar-refractivity contribution in [2.24, 2.45) is 5.92 Å². The van der Waals surface area contributed by atoms with Crippen molar-refractivity contribution in [1.82, 2.24) is 4.90 Å². The van der Waals surface area contributed by atoms with Crippen molar-refractivity contribution in [2.75, 3.05) is 39.3 Å². The number of hydrogen-bond donors (Lipinski definition) is 2. The number of benzene rings is 1. The number of nitrogens with zero attached hydrogens (tertiary/aromatic N) is 1. The fraction of sp³-hybridized carbons (Fsp3) is 0.632. The molecule has 0 spiro atoms. The maximum atomic E-state index is 12.0. The first-order valence-corrected chi connectivity index (χ1v) is 9.42. The van der Waals surface area contributed by atoms with E-state index in [1.54, 1.807) is 0 Å². The highest BCUT2D eigenvalue weighted by Gasteiger charge is 2.26. The minimum Gasteiger partial charge on any atom is -0.385 e. The van der Waals surface area contributed by atoms with E-state index in [0.29, 0.717) is 18.2 Å². The Morgan fingerprint density at radius 2 is 1.84 bits per heavy atom. The molecule has 0 aliphatic carbocycles. The summed E-state index contributed by atoms with van der Waals surface area (Å²) in [7, 11) is 0. The highest BCUT2D eigenvalue weighted by Crippen LogP contribution is 2.19. The van der Waals surface area contributed by atoms with Crippen LogP contribution in [0.5, 0.6) is 0 Å². The molecule has 0 radical (unpaired) electrons. The fourth-order valence-electron chi connectivity index (χ4n) is 3.09. The lowest BCUT2D eigenvalue weighted by atomic mass is 10.1. The SMILES string of the molecule is CC(C)C(=O)N1CC[NH+](C[C@@H](O)CO[C@H](C)c2ccc(Cl)cc2)CC1. The van der Waals surface area contributed by atoms with Crippen LogP contribution < -0.4 is 4.90 Å². The molecular weight excluding hydrogens is 340 g/mol. The van der Waals surface area contributed by atoms with Crippen LogP contribution in [0.3, 0.4) is 0 Å². The van der Waals surface area contributed by atoms with Gasteiger partial charge < -0.3 is 19.6 Å². The molecular formula is C19H30ClN2O3+. The number of aliphatic hydroxyl groups excluding tert-OH is 1. The third kappa shape index (κ3) is 6.26. The Bertz CT molecular complexity index is 542. The molecule has 140 valence electrons. The number of quaternary nitrogens is 1. The van der Waals surface area contributed by atoms with Gasteiger partial charge in [-0.2, -0.15) is 0 Å². The number of hydrogen-bond acceptors (Lipinski definition) is 3. The molecule has 2 atom stereocenters. The molecule has 1 aromatic carbocycles. The van der Waals surface area contributed by atoms with Gasteiger partial charge in [-0.3, -0.25) is 4.79 Å². The Labute approximate surface area is 155 Å². The molecule has 2 N–H and O–H groups in total. The lowest BCUT2D eigenvalue weighted by molar-refractivity contribution is -0.907. The van der Waals surface area contributed by atoms with Gasteiger partial charge >= 0.3 is 0 Å². The Kier molecular flexibility index (Phi) is 7.69. The summed E-state index contributed by atoms with van der Waals surface area (Å²) < 4.78 is 5.79. The van der Waals surface area contributed by atoms with Crippen LogP contribution in [0.2, 0.25) is 5.02 Å². The monoisotopic (exact) mass is 369 g/mol. The van der Waals surface area contributed by atoms with Gasteiger partial charge in [0, 0.05) is 10.9 Å². The Hall–Kier alpha value is -1.14. The average Bonchev–Trinajstić information content (AvgIpc) is 2.60. The lowest BCUT2D eigenvalue weighted by Crippen LogP contribution is -3.16. The lowest BCUT2D eigenvalue weighted by Gasteiger charge is -2.34. The van der Waals surface area contributed by atoms with E-state index in [1.165, 1.54) is 4.90 Å². The van der Waals surface area contributed by atoms with Crippen LogP contribution in [0.1, 0.15) is 32.4 Å². The zero-order chi connectivity index (χ0) is 18.4. The number of amides is 1. The van der Waals surface area contributed by atoms with Crippen molar-refractivity contribution in [3.05, 3.63) is 34.9 Å². The molecule has 1 aliphatic heterocycles. The molecule has 1 saturated heterocycles. The zero-order valence-corrected chi connectivity index (χ0v) is 16.1. The molecule has 0 saturated carbocycles. The van der Waals surface area contributed by atoms with Gasteiger partial charge in [0.05, 0.1) is 38.9 Å². The second-order valence-corrected chi connectivity index (χ2v) is 7.55. The molecule has 5 nitrogen and oxygen atoms in total. The predicted octanol–water partition coefficient (Wildman–Crippen LogP) is 1.16. The van der Waals surface area contributed by atoms with Crippen LogP contribution >= 0.6 is 11.6 Å². The van der Waals surface area contributed by atoms with E-state index >= 15 is 0 Å². The predicted molar refractivity (Wildman–Crippen MR) is 98.8 cm³/mol. The van der Waals surface area contributed by atoms with Crippen LogP contribution in [0.25, 0.3) is 0 Å². The van der Waals surface area contributed by atoms with E-state index in [-0.39, 0.29) is 17.9 Å². The van der Waals surface area contributed by atoms with Gasteiger partial charge in [0.2, 0.25) is 5.91 Å². The number of piperazine rings is 1. The minimum absolute atomic E-state index is 0.0508. The Morgan fingerprint density at radius 3 is 2.40 bits per heavy atom.